The molecule has 5 nitrogen and oxygen atoms in total. The monoisotopic (exact) mass is 393 g/mol. The van der Waals surface area contributed by atoms with Gasteiger partial charge in [-0.3, -0.25) is 4.79 Å². The first-order chi connectivity index (χ1) is 12.4. The molecule has 0 bridgehead atoms. The maximum Gasteiger partial charge on any atom is 0.254 e. The number of carbonyl (C=O) groups excluding carboxylic acids is 1. The van der Waals surface area contributed by atoms with Gasteiger partial charge in [0.2, 0.25) is 0 Å². The number of hydrogen-bond acceptors (Lipinski definition) is 4. The fourth-order valence-corrected chi connectivity index (χ4v) is 4.95. The van der Waals surface area contributed by atoms with Gasteiger partial charge in [-0.15, -0.1) is 0 Å². The first-order valence-corrected chi connectivity index (χ1v) is 10.5. The van der Waals surface area contributed by atoms with Crippen molar-refractivity contribution in [2.45, 2.75) is 19.0 Å². The van der Waals surface area contributed by atoms with E-state index >= 15 is 0 Å². The summed E-state index contributed by atoms with van der Waals surface area (Å²) in [6, 6.07) is 13.8. The molecule has 3 rings (SSSR count). The number of nitrogens with zero attached hydrogens (tertiary/aromatic N) is 1. The number of halogens is 1. The lowest BCUT2D eigenvalue weighted by atomic mass is 10.1. The number of hydrogen-bond donors (Lipinski definition) is 0. The number of methoxy groups -OCH3 is 1. The predicted octanol–water partition coefficient (Wildman–Crippen LogP) is 3.18. The molecule has 0 N–H and O–H groups in total. The van der Waals surface area contributed by atoms with Crippen LogP contribution in [0.25, 0.3) is 0 Å². The van der Waals surface area contributed by atoms with Crippen molar-refractivity contribution in [3.8, 4) is 5.75 Å². The van der Waals surface area contributed by atoms with Crippen LogP contribution in [-0.2, 0) is 16.4 Å². The third-order valence-electron chi connectivity index (χ3n) is 4.49. The van der Waals surface area contributed by atoms with Crippen LogP contribution in [0, 0.1) is 0 Å². The van der Waals surface area contributed by atoms with Gasteiger partial charge in [0.25, 0.3) is 5.91 Å². The third kappa shape index (κ3) is 4.37. The van der Waals surface area contributed by atoms with E-state index in [1.165, 1.54) is 0 Å². The third-order valence-corrected chi connectivity index (χ3v) is 6.50. The Morgan fingerprint density at radius 3 is 2.58 bits per heavy atom. The molecule has 0 aromatic heterocycles. The van der Waals surface area contributed by atoms with Crippen LogP contribution < -0.4 is 4.74 Å². The Hall–Kier alpha value is -2.05. The van der Waals surface area contributed by atoms with Crippen LogP contribution in [0.1, 0.15) is 22.3 Å². The van der Waals surface area contributed by atoms with Crippen LogP contribution in [0.2, 0.25) is 5.02 Å². The number of carbonyl (C=O) groups is 1. The Bertz CT molecular complexity index is 896. The van der Waals surface area contributed by atoms with E-state index in [4.69, 9.17) is 16.3 Å². The average Bonchev–Trinajstić information content (AvgIpc) is 3.00. The van der Waals surface area contributed by atoms with Crippen molar-refractivity contribution in [1.82, 2.24) is 4.90 Å². The zero-order valence-electron chi connectivity index (χ0n) is 14.4. The highest BCUT2D eigenvalue weighted by atomic mass is 35.5. The predicted molar refractivity (Wildman–Crippen MR) is 101 cm³/mol. The van der Waals surface area contributed by atoms with Crippen molar-refractivity contribution in [1.29, 1.82) is 0 Å². The summed E-state index contributed by atoms with van der Waals surface area (Å²) in [6.07, 6.45) is 0.450. The lowest BCUT2D eigenvalue weighted by molar-refractivity contribution is 0.0680. The molecule has 0 aliphatic carbocycles. The molecule has 26 heavy (non-hydrogen) atoms. The summed E-state index contributed by atoms with van der Waals surface area (Å²) in [7, 11) is -1.57. The standard InChI is InChI=1S/C19H20ClNO4S/c1-25-18-4-2-3-15(11-18)19(22)21(17-9-10-26(23,24)13-17)12-14-5-7-16(20)8-6-14/h2-8,11,17H,9-10,12-13H2,1H3/t17-/m0/s1. The quantitative estimate of drug-likeness (QED) is 0.782. The second-order valence-corrected chi connectivity index (χ2v) is 9.01. The minimum absolute atomic E-state index is 0.00367. The van der Waals surface area contributed by atoms with Gasteiger partial charge in [0.05, 0.1) is 18.6 Å². The molecular weight excluding hydrogens is 374 g/mol. The second kappa shape index (κ2) is 7.68. The first kappa shape index (κ1) is 18.7. The van der Waals surface area contributed by atoms with Crippen molar-refractivity contribution in [2.75, 3.05) is 18.6 Å². The molecule has 0 unspecified atom stereocenters. The number of sulfone groups is 1. The number of amides is 1. The van der Waals surface area contributed by atoms with Gasteiger partial charge in [-0.25, -0.2) is 8.42 Å². The summed E-state index contributed by atoms with van der Waals surface area (Å²) < 4.78 is 29.0. The Labute approximate surface area is 158 Å². The van der Waals surface area contributed by atoms with Crippen LogP contribution in [0.4, 0.5) is 0 Å². The molecule has 2 aromatic carbocycles. The topological polar surface area (TPSA) is 63.7 Å². The molecule has 138 valence electrons. The SMILES string of the molecule is COc1cccc(C(=O)N(Cc2ccc(Cl)cc2)[C@H]2CCS(=O)(=O)C2)c1. The molecule has 7 heteroatoms. The molecule has 0 radical (unpaired) electrons. The molecule has 1 fully saturated rings. The Morgan fingerprint density at radius 2 is 1.96 bits per heavy atom. The van der Waals surface area contributed by atoms with E-state index in [9.17, 15) is 13.2 Å². The molecule has 1 aliphatic heterocycles. The lowest BCUT2D eigenvalue weighted by Crippen LogP contribution is -2.40. The summed E-state index contributed by atoms with van der Waals surface area (Å²) in [5, 5.41) is 0.614. The van der Waals surface area contributed by atoms with Gasteiger partial charge in [-0.05, 0) is 42.3 Å². The van der Waals surface area contributed by atoms with Crippen LogP contribution in [0.15, 0.2) is 48.5 Å². The maximum absolute atomic E-state index is 13.1. The number of benzene rings is 2. The summed E-state index contributed by atoms with van der Waals surface area (Å²) in [6.45, 7) is 0.327. The second-order valence-electron chi connectivity index (χ2n) is 6.35. The van der Waals surface area contributed by atoms with Gasteiger partial charge >= 0.3 is 0 Å². The largest absolute Gasteiger partial charge is 0.497 e. The molecule has 0 spiro atoms. The van der Waals surface area contributed by atoms with E-state index in [0.717, 1.165) is 5.56 Å². The molecule has 0 saturated carbocycles. The molecule has 1 amide bonds. The van der Waals surface area contributed by atoms with Crippen molar-refractivity contribution in [3.63, 3.8) is 0 Å². The smallest absolute Gasteiger partial charge is 0.254 e. The van der Waals surface area contributed by atoms with Crippen molar-refractivity contribution < 1.29 is 17.9 Å². The zero-order valence-corrected chi connectivity index (χ0v) is 16.0. The Balaban J connectivity index is 1.91. The highest BCUT2D eigenvalue weighted by Gasteiger charge is 2.35. The van der Waals surface area contributed by atoms with E-state index in [0.29, 0.717) is 29.3 Å². The molecule has 1 heterocycles. The molecule has 1 aliphatic rings. The minimum Gasteiger partial charge on any atom is -0.497 e. The summed E-state index contributed by atoms with van der Waals surface area (Å²) in [5.74, 6) is 0.485. The lowest BCUT2D eigenvalue weighted by Gasteiger charge is -2.28. The maximum atomic E-state index is 13.1. The van der Waals surface area contributed by atoms with E-state index in [1.807, 2.05) is 12.1 Å². The number of ether oxygens (including phenoxy) is 1. The van der Waals surface area contributed by atoms with E-state index in [1.54, 1.807) is 48.4 Å². The first-order valence-electron chi connectivity index (χ1n) is 8.28. The van der Waals surface area contributed by atoms with Gasteiger partial charge in [0, 0.05) is 23.2 Å². The van der Waals surface area contributed by atoms with Gasteiger partial charge < -0.3 is 9.64 Å². The van der Waals surface area contributed by atoms with Gasteiger partial charge in [-0.2, -0.15) is 0 Å². The summed E-state index contributed by atoms with van der Waals surface area (Å²) in [4.78, 5) is 14.8. The van der Waals surface area contributed by atoms with Gasteiger partial charge in [0.15, 0.2) is 9.84 Å². The normalized spacial score (nSPS) is 18.5. The van der Waals surface area contributed by atoms with E-state index in [-0.39, 0.29) is 23.5 Å². The molecule has 2 aromatic rings. The summed E-state index contributed by atoms with van der Waals surface area (Å²) >= 11 is 5.93. The highest BCUT2D eigenvalue weighted by molar-refractivity contribution is 7.91. The van der Waals surface area contributed by atoms with Gasteiger partial charge in [-0.1, -0.05) is 29.8 Å². The zero-order chi connectivity index (χ0) is 18.7. The van der Waals surface area contributed by atoms with Crippen molar-refractivity contribution in [2.24, 2.45) is 0 Å². The van der Waals surface area contributed by atoms with Gasteiger partial charge in [0.1, 0.15) is 5.75 Å². The molecular formula is C19H20ClNO4S. The van der Waals surface area contributed by atoms with Crippen LogP contribution >= 0.6 is 11.6 Å². The van der Waals surface area contributed by atoms with Crippen molar-refractivity contribution in [3.05, 3.63) is 64.7 Å². The van der Waals surface area contributed by atoms with E-state index in [2.05, 4.69) is 0 Å². The summed E-state index contributed by atoms with van der Waals surface area (Å²) in [5.41, 5.74) is 1.37. The fraction of sp³-hybridized carbons (Fsp3) is 0.316. The molecule has 1 saturated heterocycles. The van der Waals surface area contributed by atoms with Crippen LogP contribution in [-0.4, -0.2) is 43.9 Å². The van der Waals surface area contributed by atoms with Crippen LogP contribution in [0.5, 0.6) is 5.75 Å². The Morgan fingerprint density at radius 1 is 1.23 bits per heavy atom. The van der Waals surface area contributed by atoms with Crippen LogP contribution in [0.3, 0.4) is 0 Å². The Kier molecular flexibility index (Phi) is 5.53. The molecule has 1 atom stereocenters. The number of rotatable bonds is 5. The fourth-order valence-electron chi connectivity index (χ4n) is 3.10. The highest BCUT2D eigenvalue weighted by Crippen LogP contribution is 2.24. The van der Waals surface area contributed by atoms with E-state index < -0.39 is 9.84 Å². The minimum atomic E-state index is -3.11. The average molecular weight is 394 g/mol. The van der Waals surface area contributed by atoms with Crippen molar-refractivity contribution >= 4 is 27.3 Å².